The Kier molecular flexibility index (Phi) is 5.63. The van der Waals surface area contributed by atoms with Gasteiger partial charge in [0.05, 0.1) is 0 Å². The molecule has 1 amide bonds. The molecule has 1 aromatic rings. The zero-order valence-corrected chi connectivity index (χ0v) is 15.4. The first-order valence-corrected chi connectivity index (χ1v) is 9.13. The van der Waals surface area contributed by atoms with E-state index in [2.05, 4.69) is 41.6 Å². The molecule has 0 saturated carbocycles. The summed E-state index contributed by atoms with van der Waals surface area (Å²) in [7, 11) is 3.98. The maximum atomic E-state index is 11.8. The molecular formula is C20H29N3O2. The number of carbonyl (C=O) groups excluding carboxylic acids is 1. The molecule has 1 saturated heterocycles. The summed E-state index contributed by atoms with van der Waals surface area (Å²) in [6.45, 7) is 9.03. The van der Waals surface area contributed by atoms with Gasteiger partial charge in [0, 0.05) is 45.5 Å². The van der Waals surface area contributed by atoms with Crippen LogP contribution in [0.3, 0.4) is 0 Å². The van der Waals surface area contributed by atoms with Crippen molar-refractivity contribution in [2.45, 2.75) is 18.8 Å². The second kappa shape index (κ2) is 7.91. The SMILES string of the molecule is C=CCOC(=O)N(C)CC[C@@H]1Cc2cc(N3CCN(C)CC3)ccc21. The normalized spacial score (nSPS) is 19.8. The quantitative estimate of drug-likeness (QED) is 0.744. The van der Waals surface area contributed by atoms with Crippen LogP contribution in [0.2, 0.25) is 0 Å². The highest BCUT2D eigenvalue weighted by Gasteiger charge is 2.27. The maximum Gasteiger partial charge on any atom is 0.409 e. The molecule has 0 aromatic heterocycles. The minimum atomic E-state index is -0.273. The van der Waals surface area contributed by atoms with E-state index in [1.54, 1.807) is 18.0 Å². The average Bonchev–Trinajstić information content (AvgIpc) is 2.60. The van der Waals surface area contributed by atoms with Crippen LogP contribution in [0.25, 0.3) is 0 Å². The highest BCUT2D eigenvalue weighted by atomic mass is 16.6. The Bertz CT molecular complexity index is 623. The summed E-state index contributed by atoms with van der Waals surface area (Å²) < 4.78 is 5.06. The van der Waals surface area contributed by atoms with Gasteiger partial charge in [0.2, 0.25) is 0 Å². The third-order valence-corrected chi connectivity index (χ3v) is 5.35. The molecule has 136 valence electrons. The van der Waals surface area contributed by atoms with Gasteiger partial charge in [0.15, 0.2) is 0 Å². The van der Waals surface area contributed by atoms with Crippen molar-refractivity contribution in [1.82, 2.24) is 9.80 Å². The Morgan fingerprint density at radius 3 is 2.80 bits per heavy atom. The number of amides is 1. The lowest BCUT2D eigenvalue weighted by Gasteiger charge is -2.37. The fraction of sp³-hybridized carbons (Fsp3) is 0.550. The molecule has 0 N–H and O–H groups in total. The van der Waals surface area contributed by atoms with Gasteiger partial charge in [-0.05, 0) is 49.1 Å². The van der Waals surface area contributed by atoms with E-state index in [-0.39, 0.29) is 12.7 Å². The predicted molar refractivity (Wildman–Crippen MR) is 101 cm³/mol. The highest BCUT2D eigenvalue weighted by molar-refractivity contribution is 5.67. The molecule has 3 rings (SSSR count). The molecule has 1 heterocycles. The van der Waals surface area contributed by atoms with E-state index in [4.69, 9.17) is 4.74 Å². The number of ether oxygens (including phenoxy) is 1. The van der Waals surface area contributed by atoms with Crippen molar-refractivity contribution >= 4 is 11.8 Å². The molecule has 0 bridgehead atoms. The van der Waals surface area contributed by atoms with E-state index < -0.39 is 0 Å². The number of likely N-dealkylation sites (N-methyl/N-ethyl adjacent to an activating group) is 1. The Labute approximate surface area is 150 Å². The van der Waals surface area contributed by atoms with Crippen LogP contribution in [0.15, 0.2) is 30.9 Å². The average molecular weight is 343 g/mol. The van der Waals surface area contributed by atoms with Crippen LogP contribution < -0.4 is 4.90 Å². The third kappa shape index (κ3) is 4.15. The summed E-state index contributed by atoms with van der Waals surface area (Å²) >= 11 is 0. The van der Waals surface area contributed by atoms with Gasteiger partial charge in [0.25, 0.3) is 0 Å². The molecule has 1 aliphatic carbocycles. The number of carbonyl (C=O) groups is 1. The van der Waals surface area contributed by atoms with Gasteiger partial charge in [-0.1, -0.05) is 18.7 Å². The highest BCUT2D eigenvalue weighted by Crippen LogP contribution is 2.39. The first kappa shape index (κ1) is 17.8. The van der Waals surface area contributed by atoms with Crippen molar-refractivity contribution in [3.63, 3.8) is 0 Å². The van der Waals surface area contributed by atoms with E-state index in [0.29, 0.717) is 5.92 Å². The van der Waals surface area contributed by atoms with E-state index in [9.17, 15) is 4.79 Å². The van der Waals surface area contributed by atoms with Crippen LogP contribution in [0.1, 0.15) is 23.5 Å². The van der Waals surface area contributed by atoms with E-state index in [0.717, 1.165) is 45.6 Å². The lowest BCUT2D eigenvalue weighted by atomic mass is 9.75. The van der Waals surface area contributed by atoms with Crippen molar-refractivity contribution in [2.75, 3.05) is 58.3 Å². The second-order valence-electron chi connectivity index (χ2n) is 7.15. The van der Waals surface area contributed by atoms with Crippen LogP contribution in [0.4, 0.5) is 10.5 Å². The molecule has 1 fully saturated rings. The third-order valence-electron chi connectivity index (χ3n) is 5.35. The van der Waals surface area contributed by atoms with E-state index in [1.807, 2.05) is 0 Å². The second-order valence-corrected chi connectivity index (χ2v) is 7.15. The molecular weight excluding hydrogens is 314 g/mol. The van der Waals surface area contributed by atoms with Crippen LogP contribution >= 0.6 is 0 Å². The maximum absolute atomic E-state index is 11.8. The molecule has 25 heavy (non-hydrogen) atoms. The first-order valence-electron chi connectivity index (χ1n) is 9.13. The number of fused-ring (bicyclic) bond motifs is 1. The fourth-order valence-electron chi connectivity index (χ4n) is 3.61. The van der Waals surface area contributed by atoms with Gasteiger partial charge < -0.3 is 19.4 Å². The Hall–Kier alpha value is -2.01. The topological polar surface area (TPSA) is 36.0 Å². The minimum absolute atomic E-state index is 0.268. The number of nitrogens with zero attached hydrogens (tertiary/aromatic N) is 3. The summed E-state index contributed by atoms with van der Waals surface area (Å²) in [5.41, 5.74) is 4.28. The molecule has 1 atom stereocenters. The van der Waals surface area contributed by atoms with Crippen LogP contribution in [0.5, 0.6) is 0 Å². The number of rotatable bonds is 6. The summed E-state index contributed by atoms with van der Waals surface area (Å²) in [4.78, 5) is 18.3. The number of piperazine rings is 1. The molecule has 0 unspecified atom stereocenters. The van der Waals surface area contributed by atoms with Gasteiger partial charge in [-0.2, -0.15) is 0 Å². The largest absolute Gasteiger partial charge is 0.445 e. The Morgan fingerprint density at radius 1 is 1.36 bits per heavy atom. The van der Waals surface area contributed by atoms with Crippen molar-refractivity contribution in [3.8, 4) is 0 Å². The van der Waals surface area contributed by atoms with Gasteiger partial charge in [-0.25, -0.2) is 4.79 Å². The smallest absolute Gasteiger partial charge is 0.409 e. The van der Waals surface area contributed by atoms with Crippen molar-refractivity contribution in [1.29, 1.82) is 0 Å². The number of hydrogen-bond acceptors (Lipinski definition) is 4. The van der Waals surface area contributed by atoms with Crippen LogP contribution in [0, 0.1) is 0 Å². The molecule has 0 spiro atoms. The van der Waals surface area contributed by atoms with Crippen LogP contribution in [-0.2, 0) is 11.2 Å². The molecule has 2 aliphatic rings. The van der Waals surface area contributed by atoms with Gasteiger partial charge in [-0.3, -0.25) is 0 Å². The number of anilines is 1. The molecule has 5 heteroatoms. The summed E-state index contributed by atoms with van der Waals surface area (Å²) in [5, 5.41) is 0. The lowest BCUT2D eigenvalue weighted by molar-refractivity contribution is 0.120. The van der Waals surface area contributed by atoms with Gasteiger partial charge in [0.1, 0.15) is 6.61 Å². The molecule has 1 aromatic carbocycles. The number of hydrogen-bond donors (Lipinski definition) is 0. The molecule has 5 nitrogen and oxygen atoms in total. The van der Waals surface area contributed by atoms with Gasteiger partial charge >= 0.3 is 6.09 Å². The Morgan fingerprint density at radius 2 is 2.12 bits per heavy atom. The summed E-state index contributed by atoms with van der Waals surface area (Å²) in [6.07, 6.45) is 3.42. The zero-order valence-electron chi connectivity index (χ0n) is 15.4. The van der Waals surface area contributed by atoms with Crippen molar-refractivity contribution < 1.29 is 9.53 Å². The first-order chi connectivity index (χ1) is 12.1. The Balaban J connectivity index is 1.50. The molecule has 0 radical (unpaired) electrons. The monoisotopic (exact) mass is 343 g/mol. The standard InChI is InChI=1S/C20H29N3O2/c1-4-13-25-20(24)22(3)8-7-16-14-17-15-18(5-6-19(16)17)23-11-9-21(2)10-12-23/h4-6,15-16H,1,7-14H2,2-3H3/t16-/m1/s1. The minimum Gasteiger partial charge on any atom is -0.445 e. The van der Waals surface area contributed by atoms with E-state index in [1.165, 1.54) is 16.8 Å². The van der Waals surface area contributed by atoms with Crippen molar-refractivity contribution in [3.05, 3.63) is 42.0 Å². The number of benzene rings is 1. The van der Waals surface area contributed by atoms with Gasteiger partial charge in [-0.15, -0.1) is 0 Å². The molecule has 1 aliphatic heterocycles. The predicted octanol–water partition coefficient (Wildman–Crippen LogP) is 2.72. The van der Waals surface area contributed by atoms with E-state index >= 15 is 0 Å². The van der Waals surface area contributed by atoms with Crippen LogP contribution in [-0.4, -0.2) is 69.3 Å². The summed E-state index contributed by atoms with van der Waals surface area (Å²) in [6, 6.07) is 6.91. The zero-order chi connectivity index (χ0) is 17.8. The summed E-state index contributed by atoms with van der Waals surface area (Å²) in [5.74, 6) is 0.561. The van der Waals surface area contributed by atoms with Crippen molar-refractivity contribution in [2.24, 2.45) is 0 Å². The lowest BCUT2D eigenvalue weighted by Crippen LogP contribution is -2.44. The fourth-order valence-corrected chi connectivity index (χ4v) is 3.61.